The molecule has 4 rings (SSSR count). The third kappa shape index (κ3) is 3.66. The molecule has 8 heteroatoms. The largest absolute Gasteiger partial charge is 0.467 e. The molecule has 0 atom stereocenters. The highest BCUT2D eigenvalue weighted by Crippen LogP contribution is 2.31. The van der Waals surface area contributed by atoms with E-state index in [9.17, 15) is 0 Å². The molecular weight excluding hydrogens is 354 g/mol. The number of rotatable bonds is 5. The fourth-order valence-corrected chi connectivity index (χ4v) is 3.39. The lowest BCUT2D eigenvalue weighted by Gasteiger charge is -2.32. The molecule has 0 fully saturated rings. The Morgan fingerprint density at radius 3 is 2.75 bits per heavy atom. The van der Waals surface area contributed by atoms with Gasteiger partial charge < -0.3 is 20.7 Å². The van der Waals surface area contributed by atoms with E-state index in [0.29, 0.717) is 19.1 Å². The second kappa shape index (κ2) is 7.67. The normalized spacial score (nSPS) is 13.1. The molecule has 1 aliphatic rings. The van der Waals surface area contributed by atoms with E-state index < -0.39 is 0 Å². The molecule has 2 aromatic heterocycles. The van der Waals surface area contributed by atoms with Crippen LogP contribution in [0.4, 0.5) is 17.2 Å². The molecule has 0 saturated heterocycles. The van der Waals surface area contributed by atoms with Crippen LogP contribution in [0.5, 0.6) is 6.01 Å². The minimum absolute atomic E-state index is 0.356. The third-order valence-electron chi connectivity index (χ3n) is 4.85. The lowest BCUT2D eigenvalue weighted by Crippen LogP contribution is -2.32. The van der Waals surface area contributed by atoms with Gasteiger partial charge in [0.05, 0.1) is 24.2 Å². The van der Waals surface area contributed by atoms with Crippen LogP contribution >= 0.6 is 0 Å². The van der Waals surface area contributed by atoms with Gasteiger partial charge in [-0.05, 0) is 24.6 Å². The molecule has 144 valence electrons. The maximum absolute atomic E-state index is 6.26. The summed E-state index contributed by atoms with van der Waals surface area (Å²) in [5, 5.41) is 3.39. The van der Waals surface area contributed by atoms with E-state index in [0.717, 1.165) is 52.5 Å². The highest BCUT2D eigenvalue weighted by molar-refractivity contribution is 5.69. The number of anilines is 3. The number of hydrogen-bond donors (Lipinski definition) is 2. The first kappa shape index (κ1) is 18.0. The van der Waals surface area contributed by atoms with Crippen molar-refractivity contribution < 1.29 is 4.74 Å². The van der Waals surface area contributed by atoms with Crippen LogP contribution in [0, 0.1) is 6.92 Å². The molecule has 3 heterocycles. The van der Waals surface area contributed by atoms with Gasteiger partial charge in [-0.25, -0.2) is 19.9 Å². The maximum atomic E-state index is 6.26. The zero-order chi connectivity index (χ0) is 19.5. The molecule has 3 N–H and O–H groups in total. The minimum atomic E-state index is 0.356. The van der Waals surface area contributed by atoms with Crippen LogP contribution < -0.4 is 20.7 Å². The summed E-state index contributed by atoms with van der Waals surface area (Å²) >= 11 is 0. The first-order chi connectivity index (χ1) is 13.6. The zero-order valence-corrected chi connectivity index (χ0v) is 16.0. The Morgan fingerprint density at radius 1 is 1.18 bits per heavy atom. The third-order valence-corrected chi connectivity index (χ3v) is 4.85. The predicted molar refractivity (Wildman–Crippen MR) is 108 cm³/mol. The second-order valence-corrected chi connectivity index (χ2v) is 6.81. The minimum Gasteiger partial charge on any atom is -0.467 e. The number of nitrogens with one attached hydrogen (secondary N) is 1. The number of fused-ring (bicyclic) bond motifs is 1. The van der Waals surface area contributed by atoms with E-state index in [-0.39, 0.29) is 0 Å². The van der Waals surface area contributed by atoms with Gasteiger partial charge >= 0.3 is 6.01 Å². The summed E-state index contributed by atoms with van der Waals surface area (Å²) in [7, 11) is 1.55. The molecule has 1 aromatic carbocycles. The van der Waals surface area contributed by atoms with Crippen molar-refractivity contribution >= 4 is 17.2 Å². The lowest BCUT2D eigenvalue weighted by atomic mass is 10.0. The molecule has 0 unspecified atom stereocenters. The molecule has 1 aliphatic heterocycles. The van der Waals surface area contributed by atoms with Crippen LogP contribution in [-0.2, 0) is 19.5 Å². The summed E-state index contributed by atoms with van der Waals surface area (Å²) in [4.78, 5) is 19.5. The number of methoxy groups -OCH3 is 1. The van der Waals surface area contributed by atoms with Crippen LogP contribution in [0.1, 0.15) is 22.4 Å². The van der Waals surface area contributed by atoms with Crippen molar-refractivity contribution in [1.29, 1.82) is 0 Å². The summed E-state index contributed by atoms with van der Waals surface area (Å²) < 4.78 is 5.00. The topological polar surface area (TPSA) is 102 Å². The van der Waals surface area contributed by atoms with Crippen LogP contribution in [0.25, 0.3) is 0 Å². The summed E-state index contributed by atoms with van der Waals surface area (Å²) in [5.41, 5.74) is 12.4. The highest BCUT2D eigenvalue weighted by Gasteiger charge is 2.22. The number of hydrogen-bond acceptors (Lipinski definition) is 8. The van der Waals surface area contributed by atoms with Crippen molar-refractivity contribution in [3.8, 4) is 6.01 Å². The van der Waals surface area contributed by atoms with Crippen molar-refractivity contribution in [2.45, 2.75) is 26.4 Å². The summed E-state index contributed by atoms with van der Waals surface area (Å²) in [6, 6.07) is 6.54. The Balaban J connectivity index is 1.53. The van der Waals surface area contributed by atoms with Crippen LogP contribution in [-0.4, -0.2) is 33.6 Å². The van der Waals surface area contributed by atoms with E-state index in [1.165, 1.54) is 0 Å². The first-order valence-corrected chi connectivity index (χ1v) is 9.16. The number of aromatic nitrogens is 4. The zero-order valence-electron chi connectivity index (χ0n) is 16.0. The number of nitrogens with two attached hydrogens (primary N) is 1. The van der Waals surface area contributed by atoms with Crippen LogP contribution in [0.3, 0.4) is 0 Å². The average Bonchev–Trinajstić information content (AvgIpc) is 2.72. The number of nitrogen functional groups attached to an aromatic ring is 1. The number of benzene rings is 1. The quantitative estimate of drug-likeness (QED) is 0.653. The fraction of sp³-hybridized carbons (Fsp3) is 0.300. The standard InChI is InChI=1S/C20H23N7O/c1-13-3-4-18(16(21)7-13)27-6-5-17-15(11-27)19(26-12-25-17)22-8-14-9-23-20(28-2)24-10-14/h3-4,7,9-10,12H,5-6,8,11,21H2,1-2H3,(H,22,25,26). The number of aryl methyl sites for hydroxylation is 1. The highest BCUT2D eigenvalue weighted by atomic mass is 16.5. The van der Waals surface area contributed by atoms with E-state index in [4.69, 9.17) is 10.5 Å². The number of ether oxygens (including phenoxy) is 1. The van der Waals surface area contributed by atoms with E-state index in [2.05, 4.69) is 42.3 Å². The van der Waals surface area contributed by atoms with Crippen molar-refractivity contribution in [3.05, 3.63) is 59.3 Å². The molecule has 0 aliphatic carbocycles. The van der Waals surface area contributed by atoms with Gasteiger partial charge in [-0.15, -0.1) is 0 Å². The van der Waals surface area contributed by atoms with Crippen molar-refractivity contribution in [2.75, 3.05) is 29.6 Å². The van der Waals surface area contributed by atoms with E-state index >= 15 is 0 Å². The SMILES string of the molecule is COc1ncc(CNc2ncnc3c2CN(c2ccc(C)cc2N)CC3)cn1. The van der Waals surface area contributed by atoms with Gasteiger partial charge in [0, 0.05) is 49.6 Å². The summed E-state index contributed by atoms with van der Waals surface area (Å²) in [6.45, 7) is 4.21. The predicted octanol–water partition coefficient (Wildman–Crippen LogP) is 2.34. The molecule has 0 bridgehead atoms. The molecule has 0 spiro atoms. The molecular formula is C20H23N7O. The van der Waals surface area contributed by atoms with Crippen LogP contribution in [0.15, 0.2) is 36.9 Å². The number of nitrogens with zero attached hydrogens (tertiary/aromatic N) is 5. The Hall–Kier alpha value is -3.42. The van der Waals surface area contributed by atoms with Gasteiger partial charge in [0.25, 0.3) is 0 Å². The lowest BCUT2D eigenvalue weighted by molar-refractivity contribution is 0.379. The molecule has 0 radical (unpaired) electrons. The van der Waals surface area contributed by atoms with E-state index in [1.807, 2.05) is 13.0 Å². The van der Waals surface area contributed by atoms with Gasteiger partial charge in [0.1, 0.15) is 12.1 Å². The Labute approximate surface area is 163 Å². The van der Waals surface area contributed by atoms with Crippen LogP contribution in [0.2, 0.25) is 0 Å². The van der Waals surface area contributed by atoms with Gasteiger partial charge in [0.2, 0.25) is 0 Å². The smallest absolute Gasteiger partial charge is 0.316 e. The average molecular weight is 377 g/mol. The van der Waals surface area contributed by atoms with Crippen molar-refractivity contribution in [3.63, 3.8) is 0 Å². The van der Waals surface area contributed by atoms with Crippen molar-refractivity contribution in [1.82, 2.24) is 19.9 Å². The maximum Gasteiger partial charge on any atom is 0.316 e. The molecule has 8 nitrogen and oxygen atoms in total. The van der Waals surface area contributed by atoms with E-state index in [1.54, 1.807) is 25.8 Å². The second-order valence-electron chi connectivity index (χ2n) is 6.81. The monoisotopic (exact) mass is 377 g/mol. The molecule has 28 heavy (non-hydrogen) atoms. The summed E-state index contributed by atoms with van der Waals surface area (Å²) in [6.07, 6.45) is 5.95. The fourth-order valence-electron chi connectivity index (χ4n) is 3.39. The van der Waals surface area contributed by atoms with Crippen molar-refractivity contribution in [2.24, 2.45) is 0 Å². The molecule has 0 saturated carbocycles. The Morgan fingerprint density at radius 2 is 2.00 bits per heavy atom. The Bertz CT molecular complexity index is 975. The van der Waals surface area contributed by atoms with Gasteiger partial charge in [-0.1, -0.05) is 6.07 Å². The van der Waals surface area contributed by atoms with Gasteiger partial charge in [-0.3, -0.25) is 0 Å². The summed E-state index contributed by atoms with van der Waals surface area (Å²) in [5.74, 6) is 0.830. The molecule has 0 amide bonds. The first-order valence-electron chi connectivity index (χ1n) is 9.16. The molecule has 3 aromatic rings. The van der Waals surface area contributed by atoms with Gasteiger partial charge in [-0.2, -0.15) is 0 Å². The Kier molecular flexibility index (Phi) is 4.92. The van der Waals surface area contributed by atoms with Gasteiger partial charge in [0.15, 0.2) is 0 Å².